The highest BCUT2D eigenvalue weighted by atomic mass is 16.5. The highest BCUT2D eigenvalue weighted by molar-refractivity contribution is 5.98. The van der Waals surface area contributed by atoms with E-state index in [1.54, 1.807) is 18.7 Å². The maximum Gasteiger partial charge on any atom is 0.344 e. The van der Waals surface area contributed by atoms with Gasteiger partial charge in [0, 0.05) is 18.7 Å². The lowest BCUT2D eigenvalue weighted by Gasteiger charge is -2.30. The summed E-state index contributed by atoms with van der Waals surface area (Å²) < 4.78 is 15.4. The van der Waals surface area contributed by atoms with Crippen LogP contribution in [-0.2, 0) is 19.1 Å². The molecule has 0 bridgehead atoms. The van der Waals surface area contributed by atoms with Crippen molar-refractivity contribution in [2.24, 2.45) is 5.92 Å². The van der Waals surface area contributed by atoms with Gasteiger partial charge in [-0.05, 0) is 26.7 Å². The molecule has 1 aliphatic heterocycles. The quantitative estimate of drug-likeness (QED) is 0.687. The van der Waals surface area contributed by atoms with Gasteiger partial charge >= 0.3 is 11.9 Å². The molecule has 0 spiro atoms. The van der Waals surface area contributed by atoms with Crippen LogP contribution < -0.4 is 0 Å². The largest absolute Gasteiger partial charge is 0.466 e. The number of aryl methyl sites for hydroxylation is 1. The number of nitrogens with zero attached hydrogens (tertiary/aromatic N) is 2. The number of piperidine rings is 1. The summed E-state index contributed by atoms with van der Waals surface area (Å²) in [6, 6.07) is 9.15. The van der Waals surface area contributed by atoms with Gasteiger partial charge in [-0.25, -0.2) is 4.79 Å². The van der Waals surface area contributed by atoms with Crippen LogP contribution in [0.4, 0.5) is 0 Å². The molecule has 1 aromatic heterocycles. The Morgan fingerprint density at radius 1 is 1.14 bits per heavy atom. The number of esters is 2. The number of rotatable bonds is 6. The van der Waals surface area contributed by atoms with Crippen molar-refractivity contribution in [2.75, 3.05) is 26.3 Å². The molecule has 8 heteroatoms. The Balaban J connectivity index is 1.56. The number of hydrogen-bond acceptors (Lipinski definition) is 7. The maximum atomic E-state index is 12.6. The molecule has 8 nitrogen and oxygen atoms in total. The van der Waals surface area contributed by atoms with E-state index < -0.39 is 5.97 Å². The number of carbonyl (C=O) groups is 3. The third kappa shape index (κ3) is 4.82. The van der Waals surface area contributed by atoms with Gasteiger partial charge in [-0.1, -0.05) is 35.5 Å². The van der Waals surface area contributed by atoms with Gasteiger partial charge < -0.3 is 18.9 Å². The molecule has 0 radical (unpaired) electrons. The first-order chi connectivity index (χ1) is 14.0. The van der Waals surface area contributed by atoms with Crippen molar-refractivity contribution in [3.63, 3.8) is 0 Å². The Kier molecular flexibility index (Phi) is 6.64. The van der Waals surface area contributed by atoms with E-state index in [0.717, 1.165) is 5.56 Å². The Bertz CT molecular complexity index is 869. The van der Waals surface area contributed by atoms with Gasteiger partial charge in [-0.15, -0.1) is 0 Å². The van der Waals surface area contributed by atoms with E-state index in [4.69, 9.17) is 14.0 Å². The first-order valence-electron chi connectivity index (χ1n) is 9.64. The first kappa shape index (κ1) is 20.6. The lowest BCUT2D eigenvalue weighted by atomic mass is 9.97. The predicted octanol–water partition coefficient (Wildman–Crippen LogP) is 2.61. The second-order valence-electron chi connectivity index (χ2n) is 6.81. The molecule has 1 amide bonds. The van der Waals surface area contributed by atoms with Crippen LogP contribution in [0.2, 0.25) is 0 Å². The molecule has 0 atom stereocenters. The molecule has 2 aromatic rings. The summed E-state index contributed by atoms with van der Waals surface area (Å²) in [5.74, 6) is -1.03. The third-order valence-electron chi connectivity index (χ3n) is 4.91. The second kappa shape index (κ2) is 9.36. The monoisotopic (exact) mass is 400 g/mol. The Hall–Kier alpha value is -3.16. The van der Waals surface area contributed by atoms with Gasteiger partial charge in [0.1, 0.15) is 17.0 Å². The molecule has 1 saturated heterocycles. The van der Waals surface area contributed by atoms with Crippen LogP contribution in [0.3, 0.4) is 0 Å². The average molecular weight is 400 g/mol. The lowest BCUT2D eigenvalue weighted by Crippen LogP contribution is -2.42. The topological polar surface area (TPSA) is 98.9 Å². The number of ether oxygens (including phenoxy) is 2. The molecule has 154 valence electrons. The molecule has 1 fully saturated rings. The van der Waals surface area contributed by atoms with E-state index >= 15 is 0 Å². The van der Waals surface area contributed by atoms with Crippen molar-refractivity contribution in [3.8, 4) is 11.3 Å². The zero-order chi connectivity index (χ0) is 20.8. The molecule has 2 heterocycles. The zero-order valence-corrected chi connectivity index (χ0v) is 16.6. The number of aromatic nitrogens is 1. The summed E-state index contributed by atoms with van der Waals surface area (Å²) in [4.78, 5) is 38.4. The Labute approximate surface area is 168 Å². The van der Waals surface area contributed by atoms with Crippen LogP contribution in [0.25, 0.3) is 11.3 Å². The number of hydrogen-bond donors (Lipinski definition) is 0. The van der Waals surface area contributed by atoms with Crippen molar-refractivity contribution in [1.29, 1.82) is 0 Å². The van der Waals surface area contributed by atoms with E-state index in [1.807, 2.05) is 30.3 Å². The molecule has 1 aliphatic rings. The fourth-order valence-electron chi connectivity index (χ4n) is 3.32. The summed E-state index contributed by atoms with van der Waals surface area (Å²) in [6.45, 7) is 4.23. The molecule has 0 N–H and O–H groups in total. The minimum absolute atomic E-state index is 0.186. The number of likely N-dealkylation sites (tertiary alicyclic amines) is 1. The summed E-state index contributed by atoms with van der Waals surface area (Å²) in [6.07, 6.45) is 1.09. The van der Waals surface area contributed by atoms with Crippen LogP contribution in [0.15, 0.2) is 34.9 Å². The second-order valence-corrected chi connectivity index (χ2v) is 6.81. The van der Waals surface area contributed by atoms with Gasteiger partial charge in [-0.3, -0.25) is 9.59 Å². The summed E-state index contributed by atoms with van der Waals surface area (Å²) in [5, 5.41) is 3.95. The van der Waals surface area contributed by atoms with E-state index in [9.17, 15) is 14.4 Å². The first-order valence-corrected chi connectivity index (χ1v) is 9.64. The van der Waals surface area contributed by atoms with E-state index in [2.05, 4.69) is 5.16 Å². The molecular weight excluding hydrogens is 376 g/mol. The zero-order valence-electron chi connectivity index (χ0n) is 16.6. The van der Waals surface area contributed by atoms with Crippen LogP contribution in [0.5, 0.6) is 0 Å². The van der Waals surface area contributed by atoms with Crippen molar-refractivity contribution >= 4 is 17.8 Å². The van der Waals surface area contributed by atoms with Crippen LogP contribution in [0, 0.1) is 12.8 Å². The molecular formula is C21H24N2O6. The highest BCUT2D eigenvalue weighted by Crippen LogP contribution is 2.26. The van der Waals surface area contributed by atoms with Gasteiger partial charge in [0.05, 0.1) is 12.5 Å². The summed E-state index contributed by atoms with van der Waals surface area (Å²) >= 11 is 0. The van der Waals surface area contributed by atoms with E-state index in [0.29, 0.717) is 44.0 Å². The van der Waals surface area contributed by atoms with Crippen molar-refractivity contribution in [1.82, 2.24) is 10.1 Å². The molecule has 1 aromatic carbocycles. The third-order valence-corrected chi connectivity index (χ3v) is 4.91. The fourth-order valence-corrected chi connectivity index (χ4v) is 3.32. The molecule has 0 aliphatic carbocycles. The number of amides is 1. The molecule has 29 heavy (non-hydrogen) atoms. The van der Waals surface area contributed by atoms with Crippen molar-refractivity contribution < 1.29 is 28.4 Å². The standard InChI is InChI=1S/C21H24N2O6/c1-3-27-20(25)16-9-11-23(12-10-16)17(24)13-28-21(26)18-14(2)29-22-19(18)15-7-5-4-6-8-15/h4-8,16H,3,9-13H2,1-2H3. The number of carbonyl (C=O) groups excluding carboxylic acids is 3. The Morgan fingerprint density at radius 2 is 1.83 bits per heavy atom. The predicted molar refractivity (Wildman–Crippen MR) is 103 cm³/mol. The average Bonchev–Trinajstić information content (AvgIpc) is 3.14. The summed E-state index contributed by atoms with van der Waals surface area (Å²) in [7, 11) is 0. The van der Waals surface area contributed by atoms with Crippen LogP contribution >= 0.6 is 0 Å². The fraction of sp³-hybridized carbons (Fsp3) is 0.429. The lowest BCUT2D eigenvalue weighted by molar-refractivity contribution is -0.151. The molecule has 0 saturated carbocycles. The SMILES string of the molecule is CCOC(=O)C1CCN(C(=O)COC(=O)c2c(-c3ccccc3)noc2C)CC1. The van der Waals surface area contributed by atoms with E-state index in [1.165, 1.54) is 0 Å². The van der Waals surface area contributed by atoms with Crippen LogP contribution in [0.1, 0.15) is 35.9 Å². The minimum atomic E-state index is -0.655. The van der Waals surface area contributed by atoms with Gasteiger partial charge in [0.15, 0.2) is 6.61 Å². The molecule has 0 unspecified atom stereocenters. The normalized spacial score (nSPS) is 14.5. The number of benzene rings is 1. The van der Waals surface area contributed by atoms with Crippen LogP contribution in [-0.4, -0.2) is 54.2 Å². The molecule has 3 rings (SSSR count). The van der Waals surface area contributed by atoms with Gasteiger partial charge in [0.25, 0.3) is 5.91 Å². The highest BCUT2D eigenvalue weighted by Gasteiger charge is 2.29. The van der Waals surface area contributed by atoms with Gasteiger partial charge in [-0.2, -0.15) is 0 Å². The van der Waals surface area contributed by atoms with Gasteiger partial charge in [0.2, 0.25) is 0 Å². The Morgan fingerprint density at radius 3 is 2.48 bits per heavy atom. The van der Waals surface area contributed by atoms with Crippen molar-refractivity contribution in [3.05, 3.63) is 41.7 Å². The van der Waals surface area contributed by atoms with E-state index in [-0.39, 0.29) is 30.0 Å². The van der Waals surface area contributed by atoms with Crippen molar-refractivity contribution in [2.45, 2.75) is 26.7 Å². The maximum absolute atomic E-state index is 12.6. The minimum Gasteiger partial charge on any atom is -0.466 e. The smallest absolute Gasteiger partial charge is 0.344 e. The summed E-state index contributed by atoms with van der Waals surface area (Å²) in [5.41, 5.74) is 1.32.